The van der Waals surface area contributed by atoms with Gasteiger partial charge in [-0.3, -0.25) is 4.79 Å². The Kier molecular flexibility index (Phi) is 4.07. The minimum absolute atomic E-state index is 0.0119. The van der Waals surface area contributed by atoms with Gasteiger partial charge in [0.1, 0.15) is 0 Å². The van der Waals surface area contributed by atoms with Crippen molar-refractivity contribution in [3.8, 4) is 0 Å². The fraction of sp³-hybridized carbons (Fsp3) is 0.0714. The summed E-state index contributed by atoms with van der Waals surface area (Å²) < 4.78 is 1.84. The van der Waals surface area contributed by atoms with Gasteiger partial charge in [-0.25, -0.2) is 0 Å². The molecule has 0 saturated heterocycles. The van der Waals surface area contributed by atoms with E-state index in [0.29, 0.717) is 16.8 Å². The average molecular weight is 416 g/mol. The van der Waals surface area contributed by atoms with Crippen LogP contribution in [0, 0.1) is 10.5 Å². The summed E-state index contributed by atoms with van der Waals surface area (Å²) in [5.74, 6) is 0.0119. The van der Waals surface area contributed by atoms with Gasteiger partial charge in [-0.2, -0.15) is 0 Å². The largest absolute Gasteiger partial charge is 0.399 e. The van der Waals surface area contributed by atoms with Crippen LogP contribution in [0.5, 0.6) is 0 Å². The fourth-order valence-electron chi connectivity index (χ4n) is 1.76. The molecule has 2 N–H and O–H groups in total. The zero-order valence-electron chi connectivity index (χ0n) is 9.71. The number of carbonyl (C=O) groups is 1. The molecule has 0 aliphatic heterocycles. The van der Waals surface area contributed by atoms with Crippen LogP contribution in [0.2, 0.25) is 0 Å². The molecular formula is C14H11BrINO. The zero-order valence-corrected chi connectivity index (χ0v) is 13.4. The van der Waals surface area contributed by atoms with Crippen molar-refractivity contribution in [1.82, 2.24) is 0 Å². The van der Waals surface area contributed by atoms with E-state index in [0.717, 1.165) is 13.6 Å². The molecule has 0 amide bonds. The molecule has 0 saturated carbocycles. The van der Waals surface area contributed by atoms with Gasteiger partial charge in [0.05, 0.1) is 0 Å². The maximum absolute atomic E-state index is 12.5. The third kappa shape index (κ3) is 2.75. The molecule has 0 radical (unpaired) electrons. The first-order chi connectivity index (χ1) is 8.49. The lowest BCUT2D eigenvalue weighted by molar-refractivity contribution is 0.103. The lowest BCUT2D eigenvalue weighted by atomic mass is 9.99. The summed E-state index contributed by atoms with van der Waals surface area (Å²) in [5, 5.41) is 0. The topological polar surface area (TPSA) is 43.1 Å². The van der Waals surface area contributed by atoms with Gasteiger partial charge in [0.25, 0.3) is 0 Å². The van der Waals surface area contributed by atoms with E-state index in [1.807, 2.05) is 31.2 Å². The quantitative estimate of drug-likeness (QED) is 0.454. The van der Waals surface area contributed by atoms with Crippen LogP contribution in [0.4, 0.5) is 5.69 Å². The Morgan fingerprint density at radius 2 is 1.89 bits per heavy atom. The van der Waals surface area contributed by atoms with Crippen LogP contribution < -0.4 is 5.73 Å². The summed E-state index contributed by atoms with van der Waals surface area (Å²) in [6.07, 6.45) is 0. The maximum atomic E-state index is 12.5. The van der Waals surface area contributed by atoms with E-state index in [1.165, 1.54) is 0 Å². The molecule has 2 aromatic carbocycles. The highest BCUT2D eigenvalue weighted by atomic mass is 127. The van der Waals surface area contributed by atoms with E-state index < -0.39 is 0 Å². The van der Waals surface area contributed by atoms with Crippen LogP contribution in [-0.4, -0.2) is 5.78 Å². The van der Waals surface area contributed by atoms with Crippen molar-refractivity contribution in [2.45, 2.75) is 6.92 Å². The third-order valence-electron chi connectivity index (χ3n) is 2.67. The highest BCUT2D eigenvalue weighted by Crippen LogP contribution is 2.24. The zero-order chi connectivity index (χ0) is 13.3. The second-order valence-corrected chi connectivity index (χ2v) is 6.13. The Labute approximate surface area is 128 Å². The molecule has 0 unspecified atom stereocenters. The van der Waals surface area contributed by atoms with Crippen LogP contribution in [0.1, 0.15) is 21.5 Å². The molecule has 2 nitrogen and oxygen atoms in total. The highest BCUT2D eigenvalue weighted by Gasteiger charge is 2.15. The van der Waals surface area contributed by atoms with Gasteiger partial charge in [-0.15, -0.1) is 0 Å². The van der Waals surface area contributed by atoms with Crippen molar-refractivity contribution in [2.24, 2.45) is 0 Å². The Bertz CT molecular complexity index is 625. The van der Waals surface area contributed by atoms with Crippen molar-refractivity contribution in [3.05, 3.63) is 61.1 Å². The molecule has 0 spiro atoms. The maximum Gasteiger partial charge on any atom is 0.194 e. The van der Waals surface area contributed by atoms with Gasteiger partial charge in [-0.1, -0.05) is 15.9 Å². The van der Waals surface area contributed by atoms with Crippen molar-refractivity contribution in [1.29, 1.82) is 0 Å². The first-order valence-corrected chi connectivity index (χ1v) is 7.22. The monoisotopic (exact) mass is 415 g/mol. The summed E-state index contributed by atoms with van der Waals surface area (Å²) in [7, 11) is 0. The second-order valence-electron chi connectivity index (χ2n) is 4.03. The SMILES string of the molecule is Cc1cc(N)ccc1C(=O)c1cc(I)ccc1Br. The molecule has 0 aromatic heterocycles. The molecule has 2 rings (SSSR count). The van der Waals surface area contributed by atoms with Crippen molar-refractivity contribution in [3.63, 3.8) is 0 Å². The number of carbonyl (C=O) groups excluding carboxylic acids is 1. The van der Waals surface area contributed by atoms with E-state index in [2.05, 4.69) is 38.5 Å². The summed E-state index contributed by atoms with van der Waals surface area (Å²) in [6, 6.07) is 11.1. The van der Waals surface area contributed by atoms with Crippen molar-refractivity contribution in [2.75, 3.05) is 5.73 Å². The van der Waals surface area contributed by atoms with Gasteiger partial charge in [-0.05, 0) is 71.5 Å². The molecule has 4 heteroatoms. The number of nitrogen functional groups attached to an aromatic ring is 1. The molecule has 0 bridgehead atoms. The number of rotatable bonds is 2. The normalized spacial score (nSPS) is 10.4. The van der Waals surface area contributed by atoms with Gasteiger partial charge in [0.15, 0.2) is 5.78 Å². The second kappa shape index (κ2) is 5.40. The van der Waals surface area contributed by atoms with Crippen LogP contribution >= 0.6 is 38.5 Å². The van der Waals surface area contributed by atoms with Gasteiger partial charge in [0, 0.05) is 24.9 Å². The number of halogens is 2. The first kappa shape index (κ1) is 13.5. The summed E-state index contributed by atoms with van der Waals surface area (Å²) in [6.45, 7) is 1.89. The smallest absolute Gasteiger partial charge is 0.194 e. The number of hydrogen-bond donors (Lipinski definition) is 1. The minimum atomic E-state index is 0.0119. The van der Waals surface area contributed by atoms with Crippen molar-refractivity contribution >= 4 is 50.0 Å². The van der Waals surface area contributed by atoms with Crippen LogP contribution in [0.15, 0.2) is 40.9 Å². The lowest BCUT2D eigenvalue weighted by Crippen LogP contribution is -2.05. The standard InChI is InChI=1S/C14H11BrINO/c1-8-6-10(17)3-4-11(8)14(18)12-7-9(16)2-5-13(12)15/h2-7H,17H2,1H3. The molecule has 0 aliphatic rings. The van der Waals surface area contributed by atoms with E-state index in [1.54, 1.807) is 12.1 Å². The van der Waals surface area contributed by atoms with Crippen LogP contribution in [0.3, 0.4) is 0 Å². The third-order valence-corrected chi connectivity index (χ3v) is 4.03. The predicted octanol–water partition coefficient (Wildman–Crippen LogP) is 4.18. The van der Waals surface area contributed by atoms with E-state index in [-0.39, 0.29) is 5.78 Å². The number of ketones is 1. The lowest BCUT2D eigenvalue weighted by Gasteiger charge is -2.08. The van der Waals surface area contributed by atoms with Gasteiger partial charge >= 0.3 is 0 Å². The summed E-state index contributed by atoms with van der Waals surface area (Å²) in [5.41, 5.74) is 8.63. The Morgan fingerprint density at radius 1 is 1.17 bits per heavy atom. The summed E-state index contributed by atoms with van der Waals surface area (Å²) >= 11 is 5.61. The molecule has 2 aromatic rings. The predicted molar refractivity (Wildman–Crippen MR) is 85.9 cm³/mol. The van der Waals surface area contributed by atoms with E-state index in [4.69, 9.17) is 5.73 Å². The van der Waals surface area contributed by atoms with Gasteiger partial charge in [0.2, 0.25) is 0 Å². The summed E-state index contributed by atoms with van der Waals surface area (Å²) in [4.78, 5) is 12.5. The molecule has 0 fully saturated rings. The minimum Gasteiger partial charge on any atom is -0.399 e. The van der Waals surface area contributed by atoms with E-state index >= 15 is 0 Å². The molecular weight excluding hydrogens is 405 g/mol. The molecule has 92 valence electrons. The van der Waals surface area contributed by atoms with Crippen molar-refractivity contribution < 1.29 is 4.79 Å². The number of aryl methyl sites for hydroxylation is 1. The Hall–Kier alpha value is -0.880. The highest BCUT2D eigenvalue weighted by molar-refractivity contribution is 14.1. The first-order valence-electron chi connectivity index (χ1n) is 5.35. The van der Waals surface area contributed by atoms with Gasteiger partial charge < -0.3 is 5.73 Å². The molecule has 0 atom stereocenters. The molecule has 18 heavy (non-hydrogen) atoms. The Balaban J connectivity index is 2.51. The van der Waals surface area contributed by atoms with E-state index in [9.17, 15) is 4.79 Å². The molecule has 0 aliphatic carbocycles. The number of benzene rings is 2. The molecule has 0 heterocycles. The number of hydrogen-bond acceptors (Lipinski definition) is 2. The Morgan fingerprint density at radius 3 is 2.56 bits per heavy atom. The number of nitrogens with two attached hydrogens (primary N) is 1. The van der Waals surface area contributed by atoms with Crippen LogP contribution in [-0.2, 0) is 0 Å². The fourth-order valence-corrected chi connectivity index (χ4v) is 2.68. The average Bonchev–Trinajstić information content (AvgIpc) is 2.31. The van der Waals surface area contributed by atoms with Crippen LogP contribution in [0.25, 0.3) is 0 Å². The number of anilines is 1.